The van der Waals surface area contributed by atoms with Crippen LogP contribution in [-0.2, 0) is 6.54 Å². The first-order chi connectivity index (χ1) is 7.28. The summed E-state index contributed by atoms with van der Waals surface area (Å²) in [5.41, 5.74) is 0. The van der Waals surface area contributed by atoms with E-state index in [0.29, 0.717) is 0 Å². The molecule has 0 aliphatic carbocycles. The van der Waals surface area contributed by atoms with Gasteiger partial charge in [-0.3, -0.25) is 4.90 Å². The van der Waals surface area contributed by atoms with Gasteiger partial charge >= 0.3 is 0 Å². The first-order valence-electron chi connectivity index (χ1n) is 5.33. The molecule has 1 aliphatic heterocycles. The fraction of sp³-hybridized carbons (Fsp3) is 0.700. The third-order valence-electron chi connectivity index (χ3n) is 2.82. The summed E-state index contributed by atoms with van der Waals surface area (Å²) in [5.74, 6) is 0.937. The maximum absolute atomic E-state index is 5.17. The molecule has 0 radical (unpaired) electrons. The van der Waals surface area contributed by atoms with Crippen molar-refractivity contribution in [2.75, 3.05) is 32.7 Å². The quantitative estimate of drug-likeness (QED) is 0.837. The molecule has 2 rings (SSSR count). The fourth-order valence-corrected chi connectivity index (χ4v) is 2.17. The molecule has 2 heterocycles. The van der Waals surface area contributed by atoms with E-state index in [1.165, 1.54) is 0 Å². The lowest BCUT2D eigenvalue weighted by molar-refractivity contribution is 0.122. The van der Waals surface area contributed by atoms with Gasteiger partial charge in [0.05, 0.1) is 6.54 Å². The lowest BCUT2D eigenvalue weighted by atomic mass is 10.3. The largest absolute Gasteiger partial charge is 0.359 e. The van der Waals surface area contributed by atoms with Gasteiger partial charge in [-0.2, -0.15) is 0 Å². The summed E-state index contributed by atoms with van der Waals surface area (Å²) >= 11 is 3.29. The molecule has 0 aromatic carbocycles. The smallest absolute Gasteiger partial charge is 0.151 e. The molecule has 0 amide bonds. The van der Waals surface area contributed by atoms with Crippen molar-refractivity contribution in [3.05, 3.63) is 16.4 Å². The van der Waals surface area contributed by atoms with Gasteiger partial charge in [-0.05, 0) is 22.5 Å². The summed E-state index contributed by atoms with van der Waals surface area (Å²) in [4.78, 5) is 4.87. The molecule has 0 atom stereocenters. The van der Waals surface area contributed by atoms with Gasteiger partial charge in [0.25, 0.3) is 0 Å². The predicted octanol–water partition coefficient (Wildman–Crippen LogP) is 1.57. The number of halogens is 1. The molecular weight excluding hydrogens is 258 g/mol. The third-order valence-corrected chi connectivity index (χ3v) is 3.20. The van der Waals surface area contributed by atoms with E-state index in [1.54, 1.807) is 0 Å². The normalized spacial score (nSPS) is 19.6. The van der Waals surface area contributed by atoms with Crippen LogP contribution in [0.3, 0.4) is 0 Å². The molecule has 0 bridgehead atoms. The summed E-state index contributed by atoms with van der Waals surface area (Å²) < 4.78 is 5.95. The minimum absolute atomic E-state index is 0.782. The number of aromatic nitrogens is 1. The van der Waals surface area contributed by atoms with Crippen molar-refractivity contribution in [3.63, 3.8) is 0 Å². The predicted molar refractivity (Wildman–Crippen MR) is 61.6 cm³/mol. The average Bonchev–Trinajstić information content (AvgIpc) is 2.65. The summed E-state index contributed by atoms with van der Waals surface area (Å²) in [7, 11) is 0. The Balaban J connectivity index is 1.82. The highest BCUT2D eigenvalue weighted by atomic mass is 79.9. The second-order valence-corrected chi connectivity index (χ2v) is 4.64. The molecule has 1 aromatic heterocycles. The van der Waals surface area contributed by atoms with Crippen molar-refractivity contribution in [2.45, 2.75) is 13.5 Å². The lowest BCUT2D eigenvalue weighted by Crippen LogP contribution is -2.45. The van der Waals surface area contributed by atoms with Gasteiger partial charge in [0, 0.05) is 32.2 Å². The summed E-state index contributed by atoms with van der Waals surface area (Å²) in [6.07, 6.45) is 0. The lowest BCUT2D eigenvalue weighted by Gasteiger charge is -2.33. The van der Waals surface area contributed by atoms with Gasteiger partial charge in [0.15, 0.2) is 5.76 Å². The number of hydrogen-bond acceptors (Lipinski definition) is 4. The molecule has 0 spiro atoms. The van der Waals surface area contributed by atoms with Crippen molar-refractivity contribution < 1.29 is 4.52 Å². The highest BCUT2D eigenvalue weighted by Gasteiger charge is 2.16. The molecule has 0 N–H and O–H groups in total. The Hall–Kier alpha value is -0.390. The molecule has 5 heteroatoms. The highest BCUT2D eigenvalue weighted by molar-refractivity contribution is 9.10. The van der Waals surface area contributed by atoms with Crippen LogP contribution in [0.2, 0.25) is 0 Å². The van der Waals surface area contributed by atoms with Crippen molar-refractivity contribution in [2.24, 2.45) is 0 Å². The zero-order valence-corrected chi connectivity index (χ0v) is 10.5. The number of rotatable bonds is 3. The van der Waals surface area contributed by atoms with Gasteiger partial charge in [0.2, 0.25) is 0 Å². The molecule has 0 saturated carbocycles. The van der Waals surface area contributed by atoms with Crippen molar-refractivity contribution in [3.8, 4) is 0 Å². The summed E-state index contributed by atoms with van der Waals surface area (Å²) in [6, 6.07) is 1.94. The first-order valence-corrected chi connectivity index (χ1v) is 6.13. The van der Waals surface area contributed by atoms with Crippen LogP contribution in [0, 0.1) is 0 Å². The SMILES string of the molecule is CCN1CCN(Cc2cc(Br)no2)CC1. The van der Waals surface area contributed by atoms with Crippen molar-refractivity contribution in [1.29, 1.82) is 0 Å². The monoisotopic (exact) mass is 273 g/mol. The van der Waals surface area contributed by atoms with E-state index in [-0.39, 0.29) is 0 Å². The molecule has 1 aromatic rings. The molecule has 1 saturated heterocycles. The number of likely N-dealkylation sites (N-methyl/N-ethyl adjacent to an activating group) is 1. The fourth-order valence-electron chi connectivity index (χ4n) is 1.85. The van der Waals surface area contributed by atoms with Gasteiger partial charge in [0.1, 0.15) is 4.60 Å². The Labute approximate surface area is 98.3 Å². The third kappa shape index (κ3) is 3.03. The highest BCUT2D eigenvalue weighted by Crippen LogP contribution is 2.13. The zero-order chi connectivity index (χ0) is 10.7. The van der Waals surface area contributed by atoms with Crippen LogP contribution in [0.1, 0.15) is 12.7 Å². The number of piperazine rings is 1. The first kappa shape index (κ1) is 11.1. The average molecular weight is 274 g/mol. The van der Waals surface area contributed by atoms with E-state index in [1.807, 2.05) is 6.07 Å². The Morgan fingerprint density at radius 3 is 2.53 bits per heavy atom. The van der Waals surface area contributed by atoms with E-state index >= 15 is 0 Å². The van der Waals surface area contributed by atoms with Crippen molar-refractivity contribution in [1.82, 2.24) is 15.0 Å². The van der Waals surface area contributed by atoms with Gasteiger partial charge in [-0.15, -0.1) is 0 Å². The summed E-state index contributed by atoms with van der Waals surface area (Å²) in [5, 5.41) is 3.82. The van der Waals surface area contributed by atoms with E-state index in [9.17, 15) is 0 Å². The van der Waals surface area contributed by atoms with Crippen LogP contribution in [0.25, 0.3) is 0 Å². The zero-order valence-electron chi connectivity index (χ0n) is 8.95. The maximum Gasteiger partial charge on any atom is 0.151 e. The molecular formula is C10H16BrN3O. The van der Waals surface area contributed by atoms with Crippen LogP contribution < -0.4 is 0 Å². The van der Waals surface area contributed by atoms with E-state index < -0.39 is 0 Å². The minimum atomic E-state index is 0.782. The van der Waals surface area contributed by atoms with Gasteiger partial charge in [-0.1, -0.05) is 12.1 Å². The van der Waals surface area contributed by atoms with E-state index in [4.69, 9.17) is 4.52 Å². The van der Waals surface area contributed by atoms with Gasteiger partial charge < -0.3 is 9.42 Å². The van der Waals surface area contributed by atoms with Crippen molar-refractivity contribution >= 4 is 15.9 Å². The second-order valence-electron chi connectivity index (χ2n) is 3.83. The maximum atomic E-state index is 5.17. The topological polar surface area (TPSA) is 32.5 Å². The van der Waals surface area contributed by atoms with E-state index in [2.05, 4.69) is 37.8 Å². The standard InChI is InChI=1S/C10H16BrN3O/c1-2-13-3-5-14(6-4-13)8-9-7-10(11)12-15-9/h7H,2-6,8H2,1H3. The van der Waals surface area contributed by atoms with Crippen LogP contribution in [0.5, 0.6) is 0 Å². The Morgan fingerprint density at radius 1 is 1.33 bits per heavy atom. The molecule has 1 fully saturated rings. The number of nitrogens with zero attached hydrogens (tertiary/aromatic N) is 3. The van der Waals surface area contributed by atoms with Gasteiger partial charge in [-0.25, -0.2) is 0 Å². The molecule has 1 aliphatic rings. The van der Waals surface area contributed by atoms with E-state index in [0.717, 1.165) is 49.6 Å². The Bertz CT molecular complexity index is 307. The Morgan fingerprint density at radius 2 is 2.00 bits per heavy atom. The van der Waals surface area contributed by atoms with Crippen LogP contribution in [-0.4, -0.2) is 47.7 Å². The van der Waals surface area contributed by atoms with Crippen LogP contribution in [0.4, 0.5) is 0 Å². The molecule has 0 unspecified atom stereocenters. The molecule has 15 heavy (non-hydrogen) atoms. The second kappa shape index (κ2) is 5.09. The molecule has 84 valence electrons. The minimum Gasteiger partial charge on any atom is -0.359 e. The van der Waals surface area contributed by atoms with Crippen LogP contribution >= 0.6 is 15.9 Å². The van der Waals surface area contributed by atoms with Crippen LogP contribution in [0.15, 0.2) is 15.2 Å². The number of hydrogen-bond donors (Lipinski definition) is 0. The molecule has 4 nitrogen and oxygen atoms in total. The Kier molecular flexibility index (Phi) is 3.77. The summed E-state index contributed by atoms with van der Waals surface area (Å²) in [6.45, 7) is 8.79.